The summed E-state index contributed by atoms with van der Waals surface area (Å²) in [5.74, 6) is 0. The normalized spacial score (nSPS) is 11.9. The van der Waals surface area contributed by atoms with Gasteiger partial charge in [-0.2, -0.15) is 5.10 Å². The maximum Gasteiger partial charge on any atom is 0.0733 e. The van der Waals surface area contributed by atoms with E-state index in [1.54, 1.807) is 12.3 Å². The third kappa shape index (κ3) is 2.63. The summed E-state index contributed by atoms with van der Waals surface area (Å²) in [7, 11) is 0. The molecule has 2 heterocycles. The van der Waals surface area contributed by atoms with E-state index in [1.807, 2.05) is 60.4 Å². The highest BCUT2D eigenvalue weighted by Gasteiger charge is 2.03. The van der Waals surface area contributed by atoms with Gasteiger partial charge in [0.05, 0.1) is 17.6 Å². The third-order valence-electron chi connectivity index (χ3n) is 2.51. The molecule has 0 saturated carbocycles. The molecule has 0 aromatic carbocycles. The molecule has 0 spiro atoms. The lowest BCUT2D eigenvalue weighted by atomic mass is 10.2. The number of hydrogen-bond donors (Lipinski definition) is 0. The quantitative estimate of drug-likeness (QED) is 0.761. The van der Waals surface area contributed by atoms with Crippen LogP contribution in [0.5, 0.6) is 0 Å². The zero-order valence-corrected chi connectivity index (χ0v) is 10.3. The molecule has 2 aromatic heterocycles. The van der Waals surface area contributed by atoms with Crippen LogP contribution in [0.1, 0.15) is 6.92 Å². The van der Waals surface area contributed by atoms with Gasteiger partial charge in [-0.15, -0.1) is 0 Å². The molecule has 0 fully saturated rings. The lowest BCUT2D eigenvalue weighted by Crippen LogP contribution is -1.93. The SMILES string of the molecule is C=C/C=C\C(=C/C)n1cc(-c2ccccn2)cn1. The molecule has 0 radical (unpaired) electrons. The van der Waals surface area contributed by atoms with Crippen LogP contribution in [0.3, 0.4) is 0 Å². The molecular formula is C15H15N3. The maximum atomic E-state index is 4.34. The van der Waals surface area contributed by atoms with E-state index in [2.05, 4.69) is 16.7 Å². The Balaban J connectivity index is 2.31. The molecule has 90 valence electrons. The Morgan fingerprint density at radius 3 is 2.94 bits per heavy atom. The average Bonchev–Trinajstić information content (AvgIpc) is 2.90. The van der Waals surface area contributed by atoms with Gasteiger partial charge in [-0.3, -0.25) is 4.98 Å². The molecule has 0 unspecified atom stereocenters. The highest BCUT2D eigenvalue weighted by molar-refractivity contribution is 5.62. The fourth-order valence-electron chi connectivity index (χ4n) is 1.60. The van der Waals surface area contributed by atoms with Gasteiger partial charge in [0.2, 0.25) is 0 Å². The average molecular weight is 237 g/mol. The Kier molecular flexibility index (Phi) is 3.86. The van der Waals surface area contributed by atoms with Crippen LogP contribution in [0.25, 0.3) is 17.0 Å². The third-order valence-corrected chi connectivity index (χ3v) is 2.51. The lowest BCUT2D eigenvalue weighted by Gasteiger charge is -2.00. The second kappa shape index (κ2) is 5.77. The Morgan fingerprint density at radius 1 is 1.39 bits per heavy atom. The molecule has 2 aromatic rings. The first-order chi connectivity index (χ1) is 8.85. The van der Waals surface area contributed by atoms with Gasteiger partial charge in [0.1, 0.15) is 0 Å². The lowest BCUT2D eigenvalue weighted by molar-refractivity contribution is 0.908. The predicted molar refractivity (Wildman–Crippen MR) is 74.7 cm³/mol. The van der Waals surface area contributed by atoms with Gasteiger partial charge < -0.3 is 0 Å². The highest BCUT2D eigenvalue weighted by atomic mass is 15.3. The molecule has 0 aliphatic carbocycles. The van der Waals surface area contributed by atoms with E-state index < -0.39 is 0 Å². The Hall–Kier alpha value is -2.42. The van der Waals surface area contributed by atoms with Crippen molar-refractivity contribution in [1.29, 1.82) is 0 Å². The van der Waals surface area contributed by atoms with Crippen molar-refractivity contribution in [3.63, 3.8) is 0 Å². The Labute approximate surface area is 107 Å². The minimum Gasteiger partial charge on any atom is -0.256 e. The first kappa shape index (κ1) is 12.0. The fourth-order valence-corrected chi connectivity index (χ4v) is 1.60. The van der Waals surface area contributed by atoms with Crippen LogP contribution in [-0.4, -0.2) is 14.8 Å². The van der Waals surface area contributed by atoms with Crippen molar-refractivity contribution in [2.24, 2.45) is 0 Å². The molecule has 0 aliphatic rings. The summed E-state index contributed by atoms with van der Waals surface area (Å²) in [5, 5.41) is 4.34. The summed E-state index contributed by atoms with van der Waals surface area (Å²) in [5.41, 5.74) is 2.92. The molecule has 0 aliphatic heterocycles. The number of nitrogens with zero attached hydrogens (tertiary/aromatic N) is 3. The van der Waals surface area contributed by atoms with Gasteiger partial charge in [-0.05, 0) is 25.1 Å². The molecule has 0 saturated heterocycles. The molecule has 3 nitrogen and oxygen atoms in total. The highest BCUT2D eigenvalue weighted by Crippen LogP contribution is 2.17. The topological polar surface area (TPSA) is 30.7 Å². The van der Waals surface area contributed by atoms with E-state index in [4.69, 9.17) is 0 Å². The summed E-state index contributed by atoms with van der Waals surface area (Å²) in [6, 6.07) is 5.84. The Morgan fingerprint density at radius 2 is 2.28 bits per heavy atom. The van der Waals surface area contributed by atoms with Crippen LogP contribution < -0.4 is 0 Å². The van der Waals surface area contributed by atoms with E-state index in [1.165, 1.54) is 0 Å². The van der Waals surface area contributed by atoms with Gasteiger partial charge in [0.15, 0.2) is 0 Å². The number of rotatable bonds is 4. The standard InChI is InChI=1S/C15H15N3/c1-3-5-8-14(4-2)18-12-13(11-17-18)15-9-6-7-10-16-15/h3-12H,1H2,2H3/b8-5-,14-4+. The summed E-state index contributed by atoms with van der Waals surface area (Å²) < 4.78 is 1.82. The molecule has 0 bridgehead atoms. The number of aromatic nitrogens is 3. The number of pyridine rings is 1. The van der Waals surface area contributed by atoms with E-state index >= 15 is 0 Å². The van der Waals surface area contributed by atoms with E-state index in [0.717, 1.165) is 17.0 Å². The molecule has 18 heavy (non-hydrogen) atoms. The second-order valence-electron chi connectivity index (χ2n) is 3.70. The van der Waals surface area contributed by atoms with E-state index in [-0.39, 0.29) is 0 Å². The van der Waals surface area contributed by atoms with Crippen LogP contribution in [0, 0.1) is 0 Å². The van der Waals surface area contributed by atoms with Gasteiger partial charge in [-0.25, -0.2) is 4.68 Å². The van der Waals surface area contributed by atoms with Gasteiger partial charge in [-0.1, -0.05) is 30.9 Å². The minimum absolute atomic E-state index is 0.923. The first-order valence-corrected chi connectivity index (χ1v) is 5.77. The molecule has 0 N–H and O–H groups in total. The van der Waals surface area contributed by atoms with Crippen LogP contribution in [0.4, 0.5) is 0 Å². The molecule has 3 heteroatoms. The van der Waals surface area contributed by atoms with Crippen molar-refractivity contribution >= 4 is 5.70 Å². The molecule has 0 amide bonds. The Bertz CT molecular complexity index is 577. The van der Waals surface area contributed by atoms with Crippen molar-refractivity contribution in [2.45, 2.75) is 6.92 Å². The van der Waals surface area contributed by atoms with Crippen molar-refractivity contribution in [1.82, 2.24) is 14.8 Å². The van der Waals surface area contributed by atoms with Crippen LogP contribution in [-0.2, 0) is 0 Å². The van der Waals surface area contributed by atoms with Crippen LogP contribution in [0.15, 0.2) is 67.7 Å². The van der Waals surface area contributed by atoms with Gasteiger partial charge in [0, 0.05) is 18.0 Å². The monoisotopic (exact) mass is 237 g/mol. The second-order valence-corrected chi connectivity index (χ2v) is 3.70. The molecule has 0 atom stereocenters. The largest absolute Gasteiger partial charge is 0.256 e. The maximum absolute atomic E-state index is 4.34. The fraction of sp³-hybridized carbons (Fsp3) is 0.0667. The summed E-state index contributed by atoms with van der Waals surface area (Å²) >= 11 is 0. The van der Waals surface area contributed by atoms with Crippen LogP contribution in [0.2, 0.25) is 0 Å². The minimum atomic E-state index is 0.923. The van der Waals surface area contributed by atoms with Gasteiger partial charge in [0.25, 0.3) is 0 Å². The first-order valence-electron chi connectivity index (χ1n) is 5.77. The molecular weight excluding hydrogens is 222 g/mol. The number of allylic oxidation sites excluding steroid dienone is 5. The van der Waals surface area contributed by atoms with E-state index in [9.17, 15) is 0 Å². The smallest absolute Gasteiger partial charge is 0.0733 e. The van der Waals surface area contributed by atoms with Crippen LogP contribution >= 0.6 is 0 Å². The van der Waals surface area contributed by atoms with Crippen molar-refractivity contribution in [3.05, 3.63) is 67.7 Å². The summed E-state index contributed by atoms with van der Waals surface area (Å²) in [4.78, 5) is 4.30. The zero-order chi connectivity index (χ0) is 12.8. The zero-order valence-electron chi connectivity index (χ0n) is 10.3. The van der Waals surface area contributed by atoms with Crippen molar-refractivity contribution in [3.8, 4) is 11.3 Å². The van der Waals surface area contributed by atoms with Crippen molar-refractivity contribution < 1.29 is 0 Å². The van der Waals surface area contributed by atoms with Gasteiger partial charge >= 0.3 is 0 Å². The number of hydrogen-bond acceptors (Lipinski definition) is 2. The predicted octanol–water partition coefficient (Wildman–Crippen LogP) is 3.55. The van der Waals surface area contributed by atoms with Crippen molar-refractivity contribution in [2.75, 3.05) is 0 Å². The van der Waals surface area contributed by atoms with E-state index in [0.29, 0.717) is 0 Å². The summed E-state index contributed by atoms with van der Waals surface area (Å²) in [6.07, 6.45) is 13.1. The molecule has 2 rings (SSSR count). The summed E-state index contributed by atoms with van der Waals surface area (Å²) in [6.45, 7) is 5.64.